The van der Waals surface area contributed by atoms with E-state index in [1.165, 1.54) is 12.8 Å². The fraction of sp³-hybridized carbons (Fsp3) is 0.625. The third-order valence-corrected chi connectivity index (χ3v) is 4.82. The number of benzene rings is 1. The lowest BCUT2D eigenvalue weighted by atomic mass is 9.97. The maximum atomic E-state index is 10.3. The van der Waals surface area contributed by atoms with Gasteiger partial charge in [-0.05, 0) is 42.4 Å². The summed E-state index contributed by atoms with van der Waals surface area (Å²) in [6.07, 6.45) is 1.97. The highest BCUT2D eigenvalue weighted by molar-refractivity contribution is 5.45. The highest BCUT2D eigenvalue weighted by atomic mass is 16.7. The molecule has 4 heteroatoms. The lowest BCUT2D eigenvalue weighted by Crippen LogP contribution is -2.35. The summed E-state index contributed by atoms with van der Waals surface area (Å²) in [5, 5.41) is 13.8. The molecule has 1 saturated carbocycles. The highest BCUT2D eigenvalue weighted by Crippen LogP contribution is 2.34. The van der Waals surface area contributed by atoms with Gasteiger partial charge in [-0.3, -0.25) is 0 Å². The minimum Gasteiger partial charge on any atom is -0.454 e. The molecule has 1 aromatic carbocycles. The molecule has 0 bridgehead atoms. The van der Waals surface area contributed by atoms with Crippen molar-refractivity contribution in [1.82, 2.24) is 5.32 Å². The first-order valence-corrected chi connectivity index (χ1v) is 7.46. The normalized spacial score (nSPS) is 29.6. The Balaban J connectivity index is 1.58. The van der Waals surface area contributed by atoms with Crippen LogP contribution in [0.5, 0.6) is 11.5 Å². The Morgan fingerprint density at radius 2 is 2.05 bits per heavy atom. The summed E-state index contributed by atoms with van der Waals surface area (Å²) < 4.78 is 10.6. The molecule has 0 saturated heterocycles. The van der Waals surface area contributed by atoms with Gasteiger partial charge in [0.15, 0.2) is 11.5 Å². The first kappa shape index (κ1) is 13.7. The first-order valence-electron chi connectivity index (χ1n) is 7.46. The summed E-state index contributed by atoms with van der Waals surface area (Å²) in [4.78, 5) is 0. The van der Waals surface area contributed by atoms with Gasteiger partial charge in [-0.1, -0.05) is 19.9 Å². The third-order valence-electron chi connectivity index (χ3n) is 4.82. The Kier molecular flexibility index (Phi) is 3.85. The molecule has 1 aromatic rings. The average Bonchev–Trinajstić information content (AvgIpc) is 3.04. The molecule has 20 heavy (non-hydrogen) atoms. The number of fused-ring (bicyclic) bond motifs is 1. The molecule has 4 nitrogen and oxygen atoms in total. The predicted molar refractivity (Wildman–Crippen MR) is 76.9 cm³/mol. The van der Waals surface area contributed by atoms with Crippen LogP contribution in [0.3, 0.4) is 0 Å². The number of hydrogen-bond acceptors (Lipinski definition) is 4. The molecule has 1 heterocycles. The standard InChI is InChI=1S/C16H23NO3/c1-10-3-5-13(11(10)2)17-8-14(18)12-4-6-15-16(7-12)20-9-19-15/h4,6-7,10-11,13-14,17-18H,3,5,8-9H2,1-2H3. The van der Waals surface area contributed by atoms with Crippen LogP contribution in [0.1, 0.15) is 38.4 Å². The van der Waals surface area contributed by atoms with Crippen molar-refractivity contribution in [3.63, 3.8) is 0 Å². The molecule has 0 radical (unpaired) electrons. The zero-order valence-corrected chi connectivity index (χ0v) is 12.1. The zero-order valence-electron chi connectivity index (χ0n) is 12.1. The molecule has 4 atom stereocenters. The quantitative estimate of drug-likeness (QED) is 0.887. The van der Waals surface area contributed by atoms with Gasteiger partial charge in [0.05, 0.1) is 6.10 Å². The molecule has 1 aliphatic heterocycles. The second-order valence-corrected chi connectivity index (χ2v) is 6.06. The van der Waals surface area contributed by atoms with Gasteiger partial charge in [-0.2, -0.15) is 0 Å². The van der Waals surface area contributed by atoms with Crippen LogP contribution in [0, 0.1) is 11.8 Å². The van der Waals surface area contributed by atoms with Gasteiger partial charge in [0.25, 0.3) is 0 Å². The van der Waals surface area contributed by atoms with Crippen molar-refractivity contribution in [1.29, 1.82) is 0 Å². The molecule has 4 unspecified atom stereocenters. The average molecular weight is 277 g/mol. The fourth-order valence-corrected chi connectivity index (χ4v) is 3.15. The molecule has 2 N–H and O–H groups in total. The molecule has 0 amide bonds. The van der Waals surface area contributed by atoms with Gasteiger partial charge < -0.3 is 19.9 Å². The Morgan fingerprint density at radius 3 is 2.80 bits per heavy atom. The molecule has 2 aliphatic rings. The van der Waals surface area contributed by atoms with E-state index in [1.54, 1.807) is 0 Å². The first-order chi connectivity index (χ1) is 9.65. The second kappa shape index (κ2) is 5.62. The van der Waals surface area contributed by atoms with Crippen LogP contribution in [0.25, 0.3) is 0 Å². The van der Waals surface area contributed by atoms with Gasteiger partial charge in [0.2, 0.25) is 6.79 Å². The molecule has 0 aromatic heterocycles. The van der Waals surface area contributed by atoms with Gasteiger partial charge in [0.1, 0.15) is 0 Å². The van der Waals surface area contributed by atoms with Crippen molar-refractivity contribution < 1.29 is 14.6 Å². The highest BCUT2D eigenvalue weighted by Gasteiger charge is 2.29. The van der Waals surface area contributed by atoms with E-state index in [1.807, 2.05) is 18.2 Å². The summed E-state index contributed by atoms with van der Waals surface area (Å²) in [5.41, 5.74) is 0.875. The Hall–Kier alpha value is -1.26. The van der Waals surface area contributed by atoms with Crippen molar-refractivity contribution in [3.05, 3.63) is 23.8 Å². The number of ether oxygens (including phenoxy) is 2. The Morgan fingerprint density at radius 1 is 1.25 bits per heavy atom. The van der Waals surface area contributed by atoms with Gasteiger partial charge in [-0.15, -0.1) is 0 Å². The van der Waals surface area contributed by atoms with E-state index in [0.717, 1.165) is 23.0 Å². The van der Waals surface area contributed by atoms with E-state index >= 15 is 0 Å². The van der Waals surface area contributed by atoms with Crippen molar-refractivity contribution in [2.75, 3.05) is 13.3 Å². The van der Waals surface area contributed by atoms with E-state index in [-0.39, 0.29) is 6.79 Å². The summed E-state index contributed by atoms with van der Waals surface area (Å²) >= 11 is 0. The van der Waals surface area contributed by atoms with Gasteiger partial charge >= 0.3 is 0 Å². The SMILES string of the molecule is CC1CCC(NCC(O)c2ccc3c(c2)OCO3)C1C. The minimum absolute atomic E-state index is 0.268. The van der Waals surface area contributed by atoms with Crippen LogP contribution in [-0.2, 0) is 0 Å². The molecule has 0 spiro atoms. The fourth-order valence-electron chi connectivity index (χ4n) is 3.15. The van der Waals surface area contributed by atoms with E-state index in [9.17, 15) is 5.11 Å². The lowest BCUT2D eigenvalue weighted by Gasteiger charge is -2.22. The number of rotatable bonds is 4. The van der Waals surface area contributed by atoms with Crippen LogP contribution < -0.4 is 14.8 Å². The van der Waals surface area contributed by atoms with E-state index in [4.69, 9.17) is 9.47 Å². The van der Waals surface area contributed by atoms with Gasteiger partial charge in [-0.25, -0.2) is 0 Å². The molecule has 1 aliphatic carbocycles. The minimum atomic E-state index is -0.507. The lowest BCUT2D eigenvalue weighted by molar-refractivity contribution is 0.164. The van der Waals surface area contributed by atoms with Crippen molar-refractivity contribution >= 4 is 0 Å². The summed E-state index contributed by atoms with van der Waals surface area (Å²) in [6.45, 7) is 5.45. The summed E-state index contributed by atoms with van der Waals surface area (Å²) in [7, 11) is 0. The van der Waals surface area contributed by atoms with Crippen LogP contribution in [-0.4, -0.2) is 24.5 Å². The van der Waals surface area contributed by atoms with Crippen molar-refractivity contribution in [2.24, 2.45) is 11.8 Å². The third kappa shape index (κ3) is 2.63. The van der Waals surface area contributed by atoms with Crippen LogP contribution >= 0.6 is 0 Å². The zero-order chi connectivity index (χ0) is 14.1. The predicted octanol–water partition coefficient (Wildman–Crippen LogP) is 2.47. The van der Waals surface area contributed by atoms with Crippen molar-refractivity contribution in [3.8, 4) is 11.5 Å². The topological polar surface area (TPSA) is 50.7 Å². The Labute approximate surface area is 120 Å². The number of hydrogen-bond donors (Lipinski definition) is 2. The molecular formula is C16H23NO3. The Bertz CT molecular complexity index is 477. The van der Waals surface area contributed by atoms with Gasteiger partial charge in [0, 0.05) is 12.6 Å². The number of aliphatic hydroxyl groups excluding tert-OH is 1. The van der Waals surface area contributed by atoms with E-state index < -0.39 is 6.10 Å². The molecule has 3 rings (SSSR count). The largest absolute Gasteiger partial charge is 0.454 e. The molecular weight excluding hydrogens is 254 g/mol. The maximum Gasteiger partial charge on any atom is 0.231 e. The molecule has 1 fully saturated rings. The summed E-state index contributed by atoms with van der Waals surface area (Å²) in [5.74, 6) is 2.94. The number of nitrogens with one attached hydrogen (secondary N) is 1. The molecule has 110 valence electrons. The van der Waals surface area contributed by atoms with Crippen LogP contribution in [0.15, 0.2) is 18.2 Å². The van der Waals surface area contributed by atoms with E-state index in [2.05, 4.69) is 19.2 Å². The van der Waals surface area contributed by atoms with E-state index in [0.29, 0.717) is 18.5 Å². The smallest absolute Gasteiger partial charge is 0.231 e. The monoisotopic (exact) mass is 277 g/mol. The summed E-state index contributed by atoms with van der Waals surface area (Å²) in [6, 6.07) is 6.16. The second-order valence-electron chi connectivity index (χ2n) is 6.06. The number of aliphatic hydroxyl groups is 1. The maximum absolute atomic E-state index is 10.3. The van der Waals surface area contributed by atoms with Crippen LogP contribution in [0.4, 0.5) is 0 Å². The van der Waals surface area contributed by atoms with Crippen molar-refractivity contribution in [2.45, 2.75) is 38.8 Å². The van der Waals surface area contributed by atoms with Crippen LogP contribution in [0.2, 0.25) is 0 Å².